The summed E-state index contributed by atoms with van der Waals surface area (Å²) in [4.78, 5) is 0. The Morgan fingerprint density at radius 2 is 1.67 bits per heavy atom. The summed E-state index contributed by atoms with van der Waals surface area (Å²) in [5.74, 6) is 1.30. The Bertz CT molecular complexity index is 794. The lowest BCUT2D eigenvalue weighted by atomic mass is 9.87. The second-order valence-corrected chi connectivity index (χ2v) is 7.33. The fourth-order valence-electron chi connectivity index (χ4n) is 3.70. The summed E-state index contributed by atoms with van der Waals surface area (Å²) in [5.41, 5.74) is 7.39. The molecule has 0 N–H and O–H groups in total. The predicted octanol–water partition coefficient (Wildman–Crippen LogP) is 4.94. The zero-order valence-electron chi connectivity index (χ0n) is 14.2. The molecule has 0 spiro atoms. The van der Waals surface area contributed by atoms with Gasteiger partial charge in [0.2, 0.25) is 0 Å². The van der Waals surface area contributed by atoms with Gasteiger partial charge in [-0.2, -0.15) is 0 Å². The zero-order chi connectivity index (χ0) is 16.8. The van der Waals surface area contributed by atoms with Crippen LogP contribution >= 0.6 is 15.9 Å². The maximum atomic E-state index is 6.09. The third-order valence-corrected chi connectivity index (χ3v) is 6.35. The van der Waals surface area contributed by atoms with E-state index >= 15 is 0 Å². The Morgan fingerprint density at radius 3 is 2.42 bits per heavy atom. The first-order valence-corrected chi connectivity index (χ1v) is 9.12. The highest BCUT2D eigenvalue weighted by molar-refractivity contribution is 9.10. The first kappa shape index (κ1) is 16.1. The number of benzene rings is 2. The van der Waals surface area contributed by atoms with Gasteiger partial charge in [-0.05, 0) is 49.1 Å². The molecule has 0 aliphatic carbocycles. The van der Waals surface area contributed by atoms with Crippen LogP contribution in [0.3, 0.4) is 0 Å². The Morgan fingerprint density at radius 1 is 0.958 bits per heavy atom. The minimum atomic E-state index is -0.237. The van der Waals surface area contributed by atoms with E-state index < -0.39 is 0 Å². The molecule has 2 aromatic carbocycles. The smallest absolute Gasteiger partial charge is 0.184 e. The van der Waals surface area contributed by atoms with Crippen LogP contribution in [0, 0.1) is 20.8 Å². The SMILES string of the molecule is Cc1c(C)c2c(c(C)c1Br)C(c1cccc(C3OCCO3)c1)CO2. The van der Waals surface area contributed by atoms with E-state index in [0.29, 0.717) is 19.8 Å². The van der Waals surface area contributed by atoms with Crippen molar-refractivity contribution in [2.75, 3.05) is 19.8 Å². The molecule has 1 fully saturated rings. The molecule has 3 nitrogen and oxygen atoms in total. The molecule has 0 bridgehead atoms. The minimum Gasteiger partial charge on any atom is -0.492 e. The summed E-state index contributed by atoms with van der Waals surface area (Å²) in [5, 5.41) is 0. The molecule has 0 aromatic heterocycles. The fraction of sp³-hybridized carbons (Fsp3) is 0.400. The molecule has 2 aromatic rings. The van der Waals surface area contributed by atoms with E-state index in [-0.39, 0.29) is 12.2 Å². The lowest BCUT2D eigenvalue weighted by Gasteiger charge is -2.17. The van der Waals surface area contributed by atoms with Crippen molar-refractivity contribution in [3.8, 4) is 5.75 Å². The van der Waals surface area contributed by atoms with Gasteiger partial charge in [0.25, 0.3) is 0 Å². The summed E-state index contributed by atoms with van der Waals surface area (Å²) in [6.07, 6.45) is -0.237. The minimum absolute atomic E-state index is 0.237. The third kappa shape index (κ3) is 2.48. The van der Waals surface area contributed by atoms with Crippen LogP contribution in [0.1, 0.15) is 45.6 Å². The maximum absolute atomic E-state index is 6.09. The van der Waals surface area contributed by atoms with E-state index in [1.807, 2.05) is 0 Å². The number of hydrogen-bond donors (Lipinski definition) is 0. The van der Waals surface area contributed by atoms with Gasteiger partial charge in [-0.25, -0.2) is 0 Å². The molecule has 126 valence electrons. The first-order valence-electron chi connectivity index (χ1n) is 8.33. The topological polar surface area (TPSA) is 27.7 Å². The van der Waals surface area contributed by atoms with Crippen LogP contribution in [0.5, 0.6) is 5.75 Å². The molecular weight excluding hydrogens is 368 g/mol. The van der Waals surface area contributed by atoms with Crippen LogP contribution in [-0.2, 0) is 9.47 Å². The summed E-state index contributed by atoms with van der Waals surface area (Å²) in [6.45, 7) is 8.45. The van der Waals surface area contributed by atoms with Gasteiger partial charge in [-0.1, -0.05) is 34.1 Å². The molecule has 2 heterocycles. The first-order chi connectivity index (χ1) is 11.6. The molecular formula is C20H21BrO3. The van der Waals surface area contributed by atoms with Crippen LogP contribution < -0.4 is 4.74 Å². The average molecular weight is 389 g/mol. The van der Waals surface area contributed by atoms with Gasteiger partial charge < -0.3 is 14.2 Å². The molecule has 1 saturated heterocycles. The number of rotatable bonds is 2. The van der Waals surface area contributed by atoms with E-state index in [1.165, 1.54) is 32.3 Å². The Kier molecular flexibility index (Phi) is 4.15. The summed E-state index contributed by atoms with van der Waals surface area (Å²) in [6, 6.07) is 8.52. The van der Waals surface area contributed by atoms with E-state index in [0.717, 1.165) is 11.3 Å². The lowest BCUT2D eigenvalue weighted by Crippen LogP contribution is -2.06. The van der Waals surface area contributed by atoms with Gasteiger partial charge in [0.1, 0.15) is 5.75 Å². The van der Waals surface area contributed by atoms with E-state index in [1.54, 1.807) is 0 Å². The van der Waals surface area contributed by atoms with Gasteiger partial charge in [0, 0.05) is 21.5 Å². The Labute approximate surface area is 151 Å². The van der Waals surface area contributed by atoms with Crippen molar-refractivity contribution in [3.05, 3.63) is 62.1 Å². The summed E-state index contributed by atoms with van der Waals surface area (Å²) in [7, 11) is 0. The highest BCUT2D eigenvalue weighted by Crippen LogP contribution is 2.46. The van der Waals surface area contributed by atoms with Gasteiger partial charge in [-0.3, -0.25) is 0 Å². The summed E-state index contributed by atoms with van der Waals surface area (Å²) < 4.78 is 18.6. The standard InChI is InChI=1S/C20H21BrO3/c1-11-12(2)19-17(13(3)18(11)21)16(10-24-19)14-5-4-6-15(9-14)20-22-7-8-23-20/h4-6,9,16,20H,7-8,10H2,1-3H3. The zero-order valence-corrected chi connectivity index (χ0v) is 15.8. The Hall–Kier alpha value is -1.36. The summed E-state index contributed by atoms with van der Waals surface area (Å²) >= 11 is 3.76. The molecule has 0 saturated carbocycles. The number of hydrogen-bond acceptors (Lipinski definition) is 3. The maximum Gasteiger partial charge on any atom is 0.184 e. The lowest BCUT2D eigenvalue weighted by molar-refractivity contribution is -0.0441. The molecule has 2 aliphatic rings. The molecule has 4 heteroatoms. The third-order valence-electron chi connectivity index (χ3n) is 5.16. The molecule has 24 heavy (non-hydrogen) atoms. The highest BCUT2D eigenvalue weighted by atomic mass is 79.9. The molecule has 0 radical (unpaired) electrons. The van der Waals surface area contributed by atoms with E-state index in [4.69, 9.17) is 14.2 Å². The monoisotopic (exact) mass is 388 g/mol. The van der Waals surface area contributed by atoms with Gasteiger partial charge >= 0.3 is 0 Å². The quantitative estimate of drug-likeness (QED) is 0.728. The predicted molar refractivity (Wildman–Crippen MR) is 96.8 cm³/mol. The van der Waals surface area contributed by atoms with Crippen molar-refractivity contribution in [2.45, 2.75) is 33.0 Å². The van der Waals surface area contributed by atoms with Crippen molar-refractivity contribution in [1.29, 1.82) is 0 Å². The molecule has 4 rings (SSSR count). The molecule has 2 aliphatic heterocycles. The van der Waals surface area contributed by atoms with Crippen LogP contribution in [0.25, 0.3) is 0 Å². The van der Waals surface area contributed by atoms with Crippen molar-refractivity contribution in [1.82, 2.24) is 0 Å². The highest BCUT2D eigenvalue weighted by Gasteiger charge is 2.32. The van der Waals surface area contributed by atoms with Crippen molar-refractivity contribution in [2.24, 2.45) is 0 Å². The fourth-order valence-corrected chi connectivity index (χ4v) is 4.21. The van der Waals surface area contributed by atoms with E-state index in [2.05, 4.69) is 61.0 Å². The number of halogens is 1. The van der Waals surface area contributed by atoms with Crippen LogP contribution in [-0.4, -0.2) is 19.8 Å². The van der Waals surface area contributed by atoms with Crippen molar-refractivity contribution in [3.63, 3.8) is 0 Å². The Balaban J connectivity index is 1.77. The van der Waals surface area contributed by atoms with Crippen LogP contribution in [0.2, 0.25) is 0 Å². The van der Waals surface area contributed by atoms with Crippen LogP contribution in [0.4, 0.5) is 0 Å². The van der Waals surface area contributed by atoms with E-state index in [9.17, 15) is 0 Å². The van der Waals surface area contributed by atoms with Crippen LogP contribution in [0.15, 0.2) is 28.7 Å². The number of ether oxygens (including phenoxy) is 3. The van der Waals surface area contributed by atoms with Gasteiger partial charge in [0.05, 0.1) is 19.8 Å². The molecule has 0 amide bonds. The largest absolute Gasteiger partial charge is 0.492 e. The second-order valence-electron chi connectivity index (χ2n) is 6.54. The van der Waals surface area contributed by atoms with Crippen molar-refractivity contribution < 1.29 is 14.2 Å². The van der Waals surface area contributed by atoms with Gasteiger partial charge in [-0.15, -0.1) is 0 Å². The normalized spacial score (nSPS) is 20.2. The average Bonchev–Trinajstić information content (AvgIpc) is 3.27. The van der Waals surface area contributed by atoms with Gasteiger partial charge in [0.15, 0.2) is 6.29 Å². The van der Waals surface area contributed by atoms with Crippen molar-refractivity contribution >= 4 is 15.9 Å². The molecule has 1 unspecified atom stereocenters. The second kappa shape index (κ2) is 6.17. The molecule has 1 atom stereocenters. The number of fused-ring (bicyclic) bond motifs is 1.